The molecule has 32 heavy (non-hydrogen) atoms. The average molecular weight is 455 g/mol. The summed E-state index contributed by atoms with van der Waals surface area (Å²) in [5.74, 6) is 0.695. The van der Waals surface area contributed by atoms with Crippen molar-refractivity contribution in [1.29, 1.82) is 0 Å². The Morgan fingerprint density at radius 3 is 2.44 bits per heavy atom. The van der Waals surface area contributed by atoms with E-state index in [9.17, 15) is 9.59 Å². The summed E-state index contributed by atoms with van der Waals surface area (Å²) in [7, 11) is 2.05. The molecule has 0 radical (unpaired) electrons. The van der Waals surface area contributed by atoms with E-state index < -0.39 is 0 Å². The minimum absolute atomic E-state index is 0.00471. The van der Waals surface area contributed by atoms with Crippen molar-refractivity contribution < 1.29 is 14.3 Å². The van der Waals surface area contributed by atoms with Crippen LogP contribution >= 0.6 is 12.2 Å². The maximum Gasteiger partial charge on any atom is 0.257 e. The predicted molar refractivity (Wildman–Crippen MR) is 130 cm³/mol. The summed E-state index contributed by atoms with van der Waals surface area (Å²) in [4.78, 5) is 29.4. The molecule has 8 heteroatoms. The average Bonchev–Trinajstić information content (AvgIpc) is 2.78. The number of rotatable bonds is 6. The van der Waals surface area contributed by atoms with Crippen LogP contribution in [-0.4, -0.2) is 66.6 Å². The number of nitrogens with zero attached hydrogens (tertiary/aromatic N) is 2. The van der Waals surface area contributed by atoms with Crippen molar-refractivity contribution in [2.75, 3.05) is 45.2 Å². The Hall–Kier alpha value is -2.97. The molecule has 2 aromatic carbocycles. The molecule has 0 unspecified atom stereocenters. The van der Waals surface area contributed by atoms with Gasteiger partial charge in [0.2, 0.25) is 0 Å². The van der Waals surface area contributed by atoms with Crippen molar-refractivity contribution in [3.05, 3.63) is 59.7 Å². The summed E-state index contributed by atoms with van der Waals surface area (Å²) in [5, 5.41) is 5.83. The van der Waals surface area contributed by atoms with Crippen LogP contribution in [0.3, 0.4) is 0 Å². The monoisotopic (exact) mass is 454 g/mol. The number of benzene rings is 2. The van der Waals surface area contributed by atoms with Crippen molar-refractivity contribution in [3.8, 4) is 5.75 Å². The van der Waals surface area contributed by atoms with E-state index >= 15 is 0 Å². The molecule has 1 saturated heterocycles. The Labute approximate surface area is 194 Å². The van der Waals surface area contributed by atoms with E-state index in [4.69, 9.17) is 17.0 Å². The number of anilines is 1. The molecule has 0 saturated carbocycles. The van der Waals surface area contributed by atoms with Crippen LogP contribution in [-0.2, 0) is 0 Å². The fourth-order valence-corrected chi connectivity index (χ4v) is 3.46. The van der Waals surface area contributed by atoms with E-state index in [1.54, 1.807) is 42.5 Å². The zero-order chi connectivity index (χ0) is 23.1. The fourth-order valence-electron chi connectivity index (χ4n) is 3.25. The van der Waals surface area contributed by atoms with Gasteiger partial charge in [-0.2, -0.15) is 0 Å². The molecule has 1 fully saturated rings. The standard InChI is InChI=1S/C24H30N4O3S/c1-17(2)16-31-21-9-5-6-18(15-21)22(29)26-24(32)25-20-8-4-7-19(14-20)23(30)28-12-10-27(3)11-13-28/h4-9,14-15,17H,10-13,16H2,1-3H3,(H2,25,26,29,32). The van der Waals surface area contributed by atoms with Crippen LogP contribution < -0.4 is 15.4 Å². The molecule has 1 heterocycles. The smallest absolute Gasteiger partial charge is 0.257 e. The summed E-state index contributed by atoms with van der Waals surface area (Å²) in [6, 6.07) is 14.1. The van der Waals surface area contributed by atoms with Crippen molar-refractivity contribution in [2.24, 2.45) is 5.92 Å². The van der Waals surface area contributed by atoms with E-state index in [0.717, 1.165) is 13.1 Å². The number of amides is 2. The highest BCUT2D eigenvalue weighted by molar-refractivity contribution is 7.80. The number of hydrogen-bond acceptors (Lipinski definition) is 5. The second-order valence-electron chi connectivity index (χ2n) is 8.32. The first kappa shape index (κ1) is 23.7. The molecule has 1 aliphatic heterocycles. The summed E-state index contributed by atoms with van der Waals surface area (Å²) >= 11 is 5.30. The number of ether oxygens (including phenoxy) is 1. The van der Waals surface area contributed by atoms with Gasteiger partial charge < -0.3 is 19.9 Å². The Morgan fingerprint density at radius 1 is 1.03 bits per heavy atom. The molecule has 2 N–H and O–H groups in total. The van der Waals surface area contributed by atoms with Crippen molar-refractivity contribution >= 4 is 34.8 Å². The number of likely N-dealkylation sites (N-methyl/N-ethyl adjacent to an activating group) is 1. The van der Waals surface area contributed by atoms with E-state index in [2.05, 4.69) is 36.4 Å². The van der Waals surface area contributed by atoms with Gasteiger partial charge in [-0.25, -0.2) is 0 Å². The number of hydrogen-bond donors (Lipinski definition) is 2. The predicted octanol–water partition coefficient (Wildman–Crippen LogP) is 3.24. The fraction of sp³-hybridized carbons (Fsp3) is 0.375. The molecule has 1 aliphatic rings. The van der Waals surface area contributed by atoms with E-state index in [1.807, 2.05) is 11.0 Å². The summed E-state index contributed by atoms with van der Waals surface area (Å²) in [6.45, 7) is 7.85. The van der Waals surface area contributed by atoms with Crippen molar-refractivity contribution in [3.63, 3.8) is 0 Å². The summed E-state index contributed by atoms with van der Waals surface area (Å²) in [5.41, 5.74) is 1.68. The molecule has 7 nitrogen and oxygen atoms in total. The van der Waals surface area contributed by atoms with Gasteiger partial charge in [0, 0.05) is 43.0 Å². The lowest BCUT2D eigenvalue weighted by Crippen LogP contribution is -2.47. The molecule has 0 aromatic heterocycles. The van der Waals surface area contributed by atoms with Gasteiger partial charge in [0.05, 0.1) is 6.61 Å². The zero-order valence-corrected chi connectivity index (χ0v) is 19.6. The largest absolute Gasteiger partial charge is 0.493 e. The first-order chi connectivity index (χ1) is 15.3. The Bertz CT molecular complexity index is 971. The van der Waals surface area contributed by atoms with Crippen LogP contribution in [0.1, 0.15) is 34.6 Å². The van der Waals surface area contributed by atoms with Crippen LogP contribution in [0.4, 0.5) is 5.69 Å². The molecule has 3 rings (SSSR count). The number of nitrogens with one attached hydrogen (secondary N) is 2. The molecular formula is C24H30N4O3S. The Morgan fingerprint density at radius 2 is 1.72 bits per heavy atom. The topological polar surface area (TPSA) is 73.9 Å². The first-order valence-electron chi connectivity index (χ1n) is 10.7. The van der Waals surface area contributed by atoms with Gasteiger partial charge in [-0.3, -0.25) is 14.9 Å². The quantitative estimate of drug-likeness (QED) is 0.653. The van der Waals surface area contributed by atoms with Gasteiger partial charge in [-0.15, -0.1) is 0 Å². The Balaban J connectivity index is 1.58. The van der Waals surface area contributed by atoms with Crippen LogP contribution in [0, 0.1) is 5.92 Å². The van der Waals surface area contributed by atoms with Gasteiger partial charge in [0.1, 0.15) is 5.75 Å². The van der Waals surface area contributed by atoms with Gasteiger partial charge in [0.25, 0.3) is 11.8 Å². The van der Waals surface area contributed by atoms with Gasteiger partial charge in [0.15, 0.2) is 5.11 Å². The molecule has 2 amide bonds. The van der Waals surface area contributed by atoms with Crippen LogP contribution in [0.2, 0.25) is 0 Å². The molecule has 170 valence electrons. The lowest BCUT2D eigenvalue weighted by molar-refractivity contribution is 0.0664. The van der Waals surface area contributed by atoms with Crippen LogP contribution in [0.15, 0.2) is 48.5 Å². The number of piperazine rings is 1. The number of carbonyl (C=O) groups excluding carboxylic acids is 2. The normalized spacial score (nSPS) is 14.2. The van der Waals surface area contributed by atoms with Crippen LogP contribution in [0.5, 0.6) is 5.75 Å². The SMILES string of the molecule is CC(C)COc1cccc(C(=O)NC(=S)Nc2cccc(C(=O)N3CCN(C)CC3)c2)c1. The lowest BCUT2D eigenvalue weighted by atomic mass is 10.1. The second-order valence-corrected chi connectivity index (χ2v) is 8.73. The van der Waals surface area contributed by atoms with Crippen molar-refractivity contribution in [2.45, 2.75) is 13.8 Å². The minimum atomic E-state index is -0.331. The van der Waals surface area contributed by atoms with E-state index in [1.165, 1.54) is 0 Å². The first-order valence-corrected chi connectivity index (χ1v) is 11.2. The highest BCUT2D eigenvalue weighted by Gasteiger charge is 2.20. The van der Waals surface area contributed by atoms with Gasteiger partial charge in [-0.1, -0.05) is 26.0 Å². The maximum atomic E-state index is 12.8. The van der Waals surface area contributed by atoms with Gasteiger partial charge >= 0.3 is 0 Å². The second kappa shape index (κ2) is 11.1. The lowest BCUT2D eigenvalue weighted by Gasteiger charge is -2.32. The van der Waals surface area contributed by atoms with Gasteiger partial charge in [-0.05, 0) is 61.6 Å². The molecule has 0 spiro atoms. The molecule has 0 atom stereocenters. The third-order valence-electron chi connectivity index (χ3n) is 5.06. The maximum absolute atomic E-state index is 12.8. The van der Waals surface area contributed by atoms with Crippen LogP contribution in [0.25, 0.3) is 0 Å². The molecular weight excluding hydrogens is 424 g/mol. The van der Waals surface area contributed by atoms with E-state index in [-0.39, 0.29) is 16.9 Å². The zero-order valence-electron chi connectivity index (χ0n) is 18.8. The molecule has 0 aliphatic carbocycles. The number of thiocarbonyl (C=S) groups is 1. The van der Waals surface area contributed by atoms with E-state index in [0.29, 0.717) is 48.2 Å². The molecule has 2 aromatic rings. The highest BCUT2D eigenvalue weighted by atomic mass is 32.1. The summed E-state index contributed by atoms with van der Waals surface area (Å²) in [6.07, 6.45) is 0. The van der Waals surface area contributed by atoms with Crippen molar-refractivity contribution in [1.82, 2.24) is 15.1 Å². The third-order valence-corrected chi connectivity index (χ3v) is 5.27. The Kier molecular flexibility index (Phi) is 8.19. The highest BCUT2D eigenvalue weighted by Crippen LogP contribution is 2.16. The molecule has 0 bridgehead atoms. The number of carbonyl (C=O) groups is 2. The summed E-state index contributed by atoms with van der Waals surface area (Å²) < 4.78 is 5.68. The third kappa shape index (κ3) is 6.77. The minimum Gasteiger partial charge on any atom is -0.493 e.